The van der Waals surface area contributed by atoms with Gasteiger partial charge in [0.1, 0.15) is 5.76 Å². The lowest BCUT2D eigenvalue weighted by molar-refractivity contribution is 0.0891. The number of nitrogens with zero attached hydrogens (tertiary/aromatic N) is 1. The zero-order valence-electron chi connectivity index (χ0n) is 16.6. The number of carbonyl (C=O) groups excluding carboxylic acids is 1. The molecule has 3 aromatic rings. The van der Waals surface area contributed by atoms with Crippen LogP contribution in [-0.2, 0) is 6.54 Å². The quantitative estimate of drug-likeness (QED) is 0.629. The van der Waals surface area contributed by atoms with Gasteiger partial charge in [-0.2, -0.15) is 0 Å². The first-order valence-corrected chi connectivity index (χ1v) is 10.4. The van der Waals surface area contributed by atoms with Gasteiger partial charge in [-0.1, -0.05) is 26.7 Å². The number of nitrogens with one attached hydrogen (secondary N) is 2. The minimum atomic E-state index is -0.207. The third-order valence-electron chi connectivity index (χ3n) is 6.16. The maximum Gasteiger partial charge on any atom is 0.262 e. The number of hydrogen-bond acceptors (Lipinski definition) is 4. The Bertz CT molecular complexity index is 1150. The first kappa shape index (κ1) is 19.6. The molecule has 2 heterocycles. The second-order valence-electron chi connectivity index (χ2n) is 8.01. The van der Waals surface area contributed by atoms with Crippen molar-refractivity contribution in [1.29, 1.82) is 0 Å². The summed E-state index contributed by atoms with van der Waals surface area (Å²) in [5, 5.41) is 3.66. The molecule has 1 amide bonds. The molecule has 152 valence electrons. The van der Waals surface area contributed by atoms with Crippen LogP contribution in [0.25, 0.3) is 10.9 Å². The predicted octanol–water partition coefficient (Wildman–Crippen LogP) is 4.25. The van der Waals surface area contributed by atoms with E-state index in [1.165, 1.54) is 11.0 Å². The van der Waals surface area contributed by atoms with Crippen LogP contribution in [0, 0.1) is 16.6 Å². The number of carbonyl (C=O) groups is 1. The topological polar surface area (TPSA) is 80.0 Å². The molecule has 29 heavy (non-hydrogen) atoms. The lowest BCUT2D eigenvalue weighted by atomic mass is 9.78. The summed E-state index contributed by atoms with van der Waals surface area (Å²) >= 11 is 5.37. The van der Waals surface area contributed by atoms with Crippen molar-refractivity contribution in [3.8, 4) is 0 Å². The van der Waals surface area contributed by atoms with Crippen LogP contribution in [0.3, 0.4) is 0 Å². The Morgan fingerprint density at radius 3 is 2.90 bits per heavy atom. The van der Waals surface area contributed by atoms with Gasteiger partial charge in [0.05, 0.1) is 23.7 Å². The molecular formula is C22H25N3O3S. The molecule has 0 unspecified atom stereocenters. The standard InChI is InChI=1S/C22H25N3O3S/c1-13-5-3-7-18(14(13)2)23-20(26)15-8-9-17-19(11-15)24-22(29)25(21(17)27)12-16-6-4-10-28-16/h4,6,8-11,13-14,18H,3,5,7,12H2,1-2H3,(H,23,26)(H,24,29)/t13-,14+,18-/m1/s1. The monoisotopic (exact) mass is 411 g/mol. The Labute approximate surface area is 173 Å². The number of H-pyrrole nitrogens is 1. The van der Waals surface area contributed by atoms with Gasteiger partial charge in [0, 0.05) is 11.6 Å². The molecule has 6 nitrogen and oxygen atoms in total. The van der Waals surface area contributed by atoms with Gasteiger partial charge in [0.25, 0.3) is 11.5 Å². The van der Waals surface area contributed by atoms with Gasteiger partial charge in [-0.05, 0) is 60.8 Å². The van der Waals surface area contributed by atoms with E-state index in [9.17, 15) is 9.59 Å². The lowest BCUT2D eigenvalue weighted by Gasteiger charge is -2.34. The summed E-state index contributed by atoms with van der Waals surface area (Å²) in [5.74, 6) is 1.59. The molecule has 2 N–H and O–H groups in total. The van der Waals surface area contributed by atoms with Gasteiger partial charge in [-0.15, -0.1) is 0 Å². The van der Waals surface area contributed by atoms with E-state index in [2.05, 4.69) is 24.1 Å². The van der Waals surface area contributed by atoms with Crippen molar-refractivity contribution < 1.29 is 9.21 Å². The van der Waals surface area contributed by atoms with Crippen LogP contribution >= 0.6 is 12.2 Å². The molecule has 1 fully saturated rings. The number of furan rings is 1. The molecule has 0 aliphatic heterocycles. The Balaban J connectivity index is 1.62. The van der Waals surface area contributed by atoms with Crippen molar-refractivity contribution >= 4 is 29.0 Å². The number of aromatic nitrogens is 2. The van der Waals surface area contributed by atoms with Crippen molar-refractivity contribution in [2.75, 3.05) is 0 Å². The summed E-state index contributed by atoms with van der Waals surface area (Å²) in [7, 11) is 0. The largest absolute Gasteiger partial charge is 0.467 e. The van der Waals surface area contributed by atoms with Gasteiger partial charge < -0.3 is 14.7 Å². The average molecular weight is 412 g/mol. The maximum absolute atomic E-state index is 12.9. The maximum atomic E-state index is 12.9. The molecule has 4 rings (SSSR count). The molecule has 0 saturated heterocycles. The normalized spacial score (nSPS) is 21.9. The van der Waals surface area contributed by atoms with E-state index in [1.54, 1.807) is 36.6 Å². The third kappa shape index (κ3) is 3.92. The van der Waals surface area contributed by atoms with Crippen molar-refractivity contribution in [2.45, 2.75) is 45.7 Å². The second-order valence-corrected chi connectivity index (χ2v) is 8.40. The number of benzene rings is 1. The number of amides is 1. The lowest BCUT2D eigenvalue weighted by Crippen LogP contribution is -2.43. The van der Waals surface area contributed by atoms with Gasteiger partial charge >= 0.3 is 0 Å². The number of rotatable bonds is 4. The molecule has 3 atom stereocenters. The van der Waals surface area contributed by atoms with Crippen LogP contribution in [0.4, 0.5) is 0 Å². The number of hydrogen-bond donors (Lipinski definition) is 2. The van der Waals surface area contributed by atoms with E-state index in [4.69, 9.17) is 16.6 Å². The number of aromatic amines is 1. The molecule has 2 aromatic heterocycles. The van der Waals surface area contributed by atoms with Gasteiger partial charge in [-0.25, -0.2) is 0 Å². The van der Waals surface area contributed by atoms with E-state index in [1.807, 2.05) is 0 Å². The molecular weight excluding hydrogens is 386 g/mol. The van der Waals surface area contributed by atoms with Gasteiger partial charge in [0.15, 0.2) is 4.77 Å². The molecule has 1 aliphatic carbocycles. The SMILES string of the molecule is C[C@H]1[C@H](C)CCC[C@H]1NC(=O)c1ccc2c(=O)n(Cc3ccco3)c(=S)[nH]c2c1. The summed E-state index contributed by atoms with van der Waals surface area (Å²) in [6, 6.07) is 8.84. The van der Waals surface area contributed by atoms with Gasteiger partial charge in [0.2, 0.25) is 0 Å². The zero-order chi connectivity index (χ0) is 20.5. The van der Waals surface area contributed by atoms with Gasteiger partial charge in [-0.3, -0.25) is 14.2 Å². The van der Waals surface area contributed by atoms with Crippen LogP contribution in [-0.4, -0.2) is 21.5 Å². The molecule has 0 bridgehead atoms. The first-order chi connectivity index (χ1) is 13.9. The molecule has 1 aromatic carbocycles. The highest BCUT2D eigenvalue weighted by Gasteiger charge is 2.28. The predicted molar refractivity (Wildman–Crippen MR) is 115 cm³/mol. The summed E-state index contributed by atoms with van der Waals surface area (Å²) in [6.45, 7) is 4.71. The molecule has 0 radical (unpaired) electrons. The van der Waals surface area contributed by atoms with E-state index in [0.29, 0.717) is 38.8 Å². The molecule has 1 saturated carbocycles. The summed E-state index contributed by atoms with van der Waals surface area (Å²) in [6.07, 6.45) is 4.92. The van der Waals surface area contributed by atoms with Crippen molar-refractivity contribution in [3.05, 3.63) is 63.0 Å². The highest BCUT2D eigenvalue weighted by molar-refractivity contribution is 7.71. The number of fused-ring (bicyclic) bond motifs is 1. The Morgan fingerprint density at radius 1 is 1.31 bits per heavy atom. The van der Waals surface area contributed by atoms with Crippen LogP contribution in [0.2, 0.25) is 0 Å². The second kappa shape index (κ2) is 7.99. The van der Waals surface area contributed by atoms with Crippen molar-refractivity contribution in [1.82, 2.24) is 14.9 Å². The summed E-state index contributed by atoms with van der Waals surface area (Å²) in [4.78, 5) is 28.8. The third-order valence-corrected chi connectivity index (χ3v) is 6.48. The minimum absolute atomic E-state index is 0.114. The highest BCUT2D eigenvalue weighted by Crippen LogP contribution is 2.29. The van der Waals surface area contributed by atoms with E-state index in [-0.39, 0.29) is 24.1 Å². The fourth-order valence-corrected chi connectivity index (χ4v) is 4.39. The van der Waals surface area contributed by atoms with Crippen LogP contribution in [0.5, 0.6) is 0 Å². The fourth-order valence-electron chi connectivity index (χ4n) is 4.14. The van der Waals surface area contributed by atoms with E-state index in [0.717, 1.165) is 12.8 Å². The zero-order valence-corrected chi connectivity index (χ0v) is 17.4. The Kier molecular flexibility index (Phi) is 5.41. The molecule has 7 heteroatoms. The molecule has 0 spiro atoms. The van der Waals surface area contributed by atoms with Crippen molar-refractivity contribution in [3.63, 3.8) is 0 Å². The van der Waals surface area contributed by atoms with Crippen LogP contribution in [0.15, 0.2) is 45.8 Å². The molecule has 1 aliphatic rings. The summed E-state index contributed by atoms with van der Waals surface area (Å²) in [5.41, 5.74) is 0.881. The smallest absolute Gasteiger partial charge is 0.262 e. The Morgan fingerprint density at radius 2 is 2.14 bits per heavy atom. The summed E-state index contributed by atoms with van der Waals surface area (Å²) < 4.78 is 7.08. The average Bonchev–Trinajstić information content (AvgIpc) is 3.21. The Hall–Kier alpha value is -2.67. The van der Waals surface area contributed by atoms with Crippen LogP contribution in [0.1, 0.15) is 49.2 Å². The minimum Gasteiger partial charge on any atom is -0.467 e. The first-order valence-electron chi connectivity index (χ1n) is 10.0. The van der Waals surface area contributed by atoms with E-state index < -0.39 is 0 Å². The van der Waals surface area contributed by atoms with Crippen molar-refractivity contribution in [2.24, 2.45) is 11.8 Å². The van der Waals surface area contributed by atoms with E-state index >= 15 is 0 Å². The highest BCUT2D eigenvalue weighted by atomic mass is 32.1. The van der Waals surface area contributed by atoms with Crippen LogP contribution < -0.4 is 10.9 Å². The fraction of sp³-hybridized carbons (Fsp3) is 0.409.